The molecule has 0 spiro atoms. The molecule has 0 saturated carbocycles. The minimum Gasteiger partial charge on any atom is -0.312 e. The number of hydrogen-bond acceptors (Lipinski definition) is 4. The first-order valence-corrected chi connectivity index (χ1v) is 6.52. The zero-order chi connectivity index (χ0) is 12.1. The third kappa shape index (κ3) is 3.48. The second-order valence-corrected chi connectivity index (χ2v) is 4.71. The van der Waals surface area contributed by atoms with Crippen LogP contribution < -0.4 is 5.32 Å². The highest BCUT2D eigenvalue weighted by Crippen LogP contribution is 2.11. The predicted molar refractivity (Wildman–Crippen MR) is 72.8 cm³/mol. The van der Waals surface area contributed by atoms with Gasteiger partial charge in [0.05, 0.1) is 0 Å². The molecule has 1 N–H and O–H groups in total. The van der Waals surface area contributed by atoms with Gasteiger partial charge < -0.3 is 5.32 Å². The molecule has 17 heavy (non-hydrogen) atoms. The third-order valence-electron chi connectivity index (χ3n) is 3.30. The smallest absolute Gasteiger partial charge is 0.112 e. The molecule has 1 unspecified atom stereocenters. The van der Waals surface area contributed by atoms with Crippen molar-refractivity contribution in [3.63, 3.8) is 0 Å². The van der Waals surface area contributed by atoms with E-state index in [1.54, 1.807) is 6.34 Å². The van der Waals surface area contributed by atoms with E-state index in [1.165, 1.54) is 0 Å². The number of rotatable bonds is 2. The first kappa shape index (κ1) is 12.5. The van der Waals surface area contributed by atoms with Crippen molar-refractivity contribution < 1.29 is 0 Å². The Kier molecular flexibility index (Phi) is 4.45. The van der Waals surface area contributed by atoms with Crippen LogP contribution in [-0.2, 0) is 0 Å². The van der Waals surface area contributed by atoms with E-state index in [9.17, 15) is 0 Å². The van der Waals surface area contributed by atoms with Crippen molar-refractivity contribution in [2.24, 2.45) is 9.98 Å². The summed E-state index contributed by atoms with van der Waals surface area (Å²) < 4.78 is 0. The van der Waals surface area contributed by atoms with E-state index in [1.807, 2.05) is 0 Å². The third-order valence-corrected chi connectivity index (χ3v) is 3.30. The van der Waals surface area contributed by atoms with Gasteiger partial charge in [0.15, 0.2) is 0 Å². The molecule has 2 rings (SSSR count). The van der Waals surface area contributed by atoms with E-state index in [2.05, 4.69) is 46.2 Å². The monoisotopic (exact) mass is 234 g/mol. The molecule has 4 heteroatoms. The first-order chi connectivity index (χ1) is 8.29. The van der Waals surface area contributed by atoms with Gasteiger partial charge in [0.2, 0.25) is 0 Å². The second-order valence-electron chi connectivity index (χ2n) is 4.71. The Bertz CT molecular complexity index is 332. The molecule has 2 heterocycles. The molecule has 2 atom stereocenters. The van der Waals surface area contributed by atoms with E-state index in [4.69, 9.17) is 0 Å². The minimum absolute atomic E-state index is 0.262. The number of aliphatic imine (C=N–C) groups is 2. The van der Waals surface area contributed by atoms with Gasteiger partial charge in [-0.15, -0.1) is 0 Å². The molecule has 0 radical (unpaired) electrons. The average molecular weight is 234 g/mol. The zero-order valence-electron chi connectivity index (χ0n) is 10.8. The number of allylic oxidation sites excluding steroid dienone is 1. The van der Waals surface area contributed by atoms with Gasteiger partial charge in [-0.3, -0.25) is 9.89 Å². The van der Waals surface area contributed by atoms with Crippen LogP contribution in [0.25, 0.3) is 0 Å². The molecule has 0 aromatic heterocycles. The molecule has 0 aromatic rings. The number of nitrogens with zero attached hydrogens (tertiary/aromatic N) is 3. The van der Waals surface area contributed by atoms with Crippen molar-refractivity contribution in [3.05, 3.63) is 12.2 Å². The fourth-order valence-electron chi connectivity index (χ4n) is 2.30. The summed E-state index contributed by atoms with van der Waals surface area (Å²) in [5.41, 5.74) is 1.11. The summed E-state index contributed by atoms with van der Waals surface area (Å²) in [5, 5.41) is 3.46. The lowest BCUT2D eigenvalue weighted by Gasteiger charge is -2.35. The number of piperazine rings is 1. The lowest BCUT2D eigenvalue weighted by Crippen LogP contribution is -2.52. The van der Waals surface area contributed by atoms with Gasteiger partial charge in [-0.25, -0.2) is 4.99 Å². The fourth-order valence-corrected chi connectivity index (χ4v) is 2.30. The Hall–Kier alpha value is -1.00. The van der Waals surface area contributed by atoms with Crippen molar-refractivity contribution in [2.75, 3.05) is 19.6 Å². The Morgan fingerprint density at radius 3 is 3.18 bits per heavy atom. The van der Waals surface area contributed by atoms with E-state index in [-0.39, 0.29) is 6.17 Å². The van der Waals surface area contributed by atoms with E-state index >= 15 is 0 Å². The summed E-state index contributed by atoms with van der Waals surface area (Å²) in [4.78, 5) is 11.4. The van der Waals surface area contributed by atoms with Crippen molar-refractivity contribution >= 4 is 12.1 Å². The van der Waals surface area contributed by atoms with Crippen molar-refractivity contribution in [2.45, 2.75) is 38.9 Å². The maximum absolute atomic E-state index is 4.57. The molecule has 1 saturated heterocycles. The molecule has 2 aliphatic heterocycles. The van der Waals surface area contributed by atoms with Gasteiger partial charge >= 0.3 is 0 Å². The average Bonchev–Trinajstić information content (AvgIpc) is 2.29. The Morgan fingerprint density at radius 2 is 2.41 bits per heavy atom. The van der Waals surface area contributed by atoms with Crippen molar-refractivity contribution in [3.8, 4) is 0 Å². The Morgan fingerprint density at radius 1 is 1.53 bits per heavy atom. The number of hydrogen-bond donors (Lipinski definition) is 1. The van der Waals surface area contributed by atoms with Gasteiger partial charge in [0, 0.05) is 37.8 Å². The molecule has 0 aliphatic carbocycles. The van der Waals surface area contributed by atoms with E-state index in [0.717, 1.165) is 38.2 Å². The van der Waals surface area contributed by atoms with Crippen LogP contribution in [0.5, 0.6) is 0 Å². The zero-order valence-corrected chi connectivity index (χ0v) is 10.8. The van der Waals surface area contributed by atoms with Crippen molar-refractivity contribution in [1.29, 1.82) is 0 Å². The normalized spacial score (nSPS) is 37.6. The van der Waals surface area contributed by atoms with Crippen LogP contribution in [0.3, 0.4) is 0 Å². The molecular weight excluding hydrogens is 212 g/mol. The highest BCUT2D eigenvalue weighted by atomic mass is 15.3. The highest BCUT2D eigenvalue weighted by Gasteiger charge is 2.22. The standard InChI is InChI=1S/C13H22N4/c1-3-12-5-4-6-13(16-10-15-12)17-8-7-14-11(2)9-17/h4-5,10-11,13-14H,3,6-9H2,1-2H3/b5-4-,15-12+,16-10-/t11-,13?/m1/s1. The first-order valence-electron chi connectivity index (χ1n) is 6.52. The molecule has 1 fully saturated rings. The summed E-state index contributed by atoms with van der Waals surface area (Å²) in [5.74, 6) is 0. The van der Waals surface area contributed by atoms with Gasteiger partial charge in [0.1, 0.15) is 12.5 Å². The van der Waals surface area contributed by atoms with Crippen LogP contribution in [0.4, 0.5) is 0 Å². The van der Waals surface area contributed by atoms with Crippen LogP contribution in [0.1, 0.15) is 26.7 Å². The van der Waals surface area contributed by atoms with Gasteiger partial charge in [-0.1, -0.05) is 13.0 Å². The maximum Gasteiger partial charge on any atom is 0.112 e. The number of nitrogens with one attached hydrogen (secondary N) is 1. The van der Waals surface area contributed by atoms with Crippen LogP contribution in [0.2, 0.25) is 0 Å². The van der Waals surface area contributed by atoms with Gasteiger partial charge in [-0.2, -0.15) is 0 Å². The van der Waals surface area contributed by atoms with Crippen molar-refractivity contribution in [1.82, 2.24) is 10.2 Å². The topological polar surface area (TPSA) is 40.0 Å². The summed E-state index contributed by atoms with van der Waals surface area (Å²) in [7, 11) is 0. The quantitative estimate of drug-likeness (QED) is 0.785. The second kappa shape index (κ2) is 6.07. The van der Waals surface area contributed by atoms with Crippen LogP contribution in [0, 0.1) is 0 Å². The summed E-state index contributed by atoms with van der Waals surface area (Å²) in [6.07, 6.45) is 8.29. The predicted octanol–water partition coefficient (Wildman–Crippen LogP) is 1.45. The Labute approximate surface area is 104 Å². The van der Waals surface area contributed by atoms with Crippen LogP contribution in [0.15, 0.2) is 22.1 Å². The molecule has 4 nitrogen and oxygen atoms in total. The van der Waals surface area contributed by atoms with E-state index in [0.29, 0.717) is 6.04 Å². The Balaban J connectivity index is 2.00. The van der Waals surface area contributed by atoms with Crippen LogP contribution in [-0.4, -0.2) is 48.8 Å². The molecule has 0 amide bonds. The molecule has 0 bridgehead atoms. The van der Waals surface area contributed by atoms with Crippen LogP contribution >= 0.6 is 0 Å². The summed E-state index contributed by atoms with van der Waals surface area (Å²) in [6.45, 7) is 7.54. The molecule has 2 aliphatic rings. The van der Waals surface area contributed by atoms with E-state index < -0.39 is 0 Å². The SMILES string of the molecule is CCC1=N\C=N/C(N2CCN[C@H](C)C2)C/C=C\1. The lowest BCUT2D eigenvalue weighted by atomic mass is 10.1. The highest BCUT2D eigenvalue weighted by molar-refractivity contribution is 5.99. The minimum atomic E-state index is 0.262. The largest absolute Gasteiger partial charge is 0.312 e. The lowest BCUT2D eigenvalue weighted by molar-refractivity contribution is 0.153. The maximum atomic E-state index is 4.57. The molecule has 94 valence electrons. The molecule has 0 aromatic carbocycles. The summed E-state index contributed by atoms with van der Waals surface area (Å²) in [6, 6.07) is 0.558. The summed E-state index contributed by atoms with van der Waals surface area (Å²) >= 11 is 0. The molecular formula is C13H22N4. The van der Waals surface area contributed by atoms with Gasteiger partial charge in [0.25, 0.3) is 0 Å². The van der Waals surface area contributed by atoms with Gasteiger partial charge in [-0.05, 0) is 19.4 Å². The fraction of sp³-hybridized carbons (Fsp3) is 0.692.